The van der Waals surface area contributed by atoms with Crippen LogP contribution in [0.3, 0.4) is 0 Å². The number of likely N-dealkylation sites (N-methyl/N-ethyl adjacent to an activating group) is 1. The van der Waals surface area contributed by atoms with Crippen molar-refractivity contribution >= 4 is 23.5 Å². The van der Waals surface area contributed by atoms with Crippen LogP contribution in [0.15, 0.2) is 65.1 Å². The molecule has 2 N–H and O–H groups in total. The first kappa shape index (κ1) is 24.0. The van der Waals surface area contributed by atoms with Crippen LogP contribution in [0.4, 0.5) is 18.9 Å². The van der Waals surface area contributed by atoms with E-state index in [1.54, 1.807) is 30.1 Å². The van der Waals surface area contributed by atoms with Crippen LogP contribution in [0.2, 0.25) is 0 Å². The lowest BCUT2D eigenvalue weighted by molar-refractivity contribution is -0.140. The Morgan fingerprint density at radius 1 is 1.23 bits per heavy atom. The second-order valence-corrected chi connectivity index (χ2v) is 7.92. The lowest BCUT2D eigenvalue weighted by atomic mass is 10.1. The number of carbonyl (C=O) groups excluding carboxylic acids is 1. The number of nitrogens with zero attached hydrogens (tertiary/aromatic N) is 5. The van der Waals surface area contributed by atoms with Crippen molar-refractivity contribution < 1.29 is 22.7 Å². The molecule has 1 aliphatic heterocycles. The van der Waals surface area contributed by atoms with Crippen LogP contribution in [-0.4, -0.2) is 47.6 Å². The van der Waals surface area contributed by atoms with E-state index in [9.17, 15) is 18.0 Å². The minimum Gasteiger partial charge on any atom is -0.495 e. The smallest absolute Gasteiger partial charge is 0.434 e. The van der Waals surface area contributed by atoms with Crippen LogP contribution in [0.5, 0.6) is 5.75 Å². The minimum absolute atomic E-state index is 0.143. The molecule has 1 unspecified atom stereocenters. The van der Waals surface area contributed by atoms with Gasteiger partial charge < -0.3 is 20.0 Å². The number of hydrazone groups is 1. The summed E-state index contributed by atoms with van der Waals surface area (Å²) in [5, 5.41) is 3.78. The summed E-state index contributed by atoms with van der Waals surface area (Å²) in [6.07, 6.45) is 0.0314. The van der Waals surface area contributed by atoms with E-state index in [-0.39, 0.29) is 17.4 Å². The standard InChI is InChI=1S/C24H23F3N6O2/c1-32-19-6-4-3-5-15(19)7-9-17(23(32)34)29-12-18(31-28)16-8-10-20(21(11-16)35-2)33-13-22(30-14-33)24(25,26)27/h3-6,8,10-14,17H,7,9,28H2,1-2H3/b29-12?,31-18+. The second-order valence-electron chi connectivity index (χ2n) is 7.92. The zero-order valence-electron chi connectivity index (χ0n) is 19.0. The number of hydrogen-bond donors (Lipinski definition) is 1. The SMILES string of the molecule is COc1cc(/C(C=NC2CCc3ccccc3N(C)C2=O)=N/N)ccc1-n1cnc(C(F)(F)F)c1. The summed E-state index contributed by atoms with van der Waals surface area (Å²) < 4.78 is 45.4. The van der Waals surface area contributed by atoms with Crippen molar-refractivity contribution in [2.75, 3.05) is 19.1 Å². The summed E-state index contributed by atoms with van der Waals surface area (Å²) >= 11 is 0. The lowest BCUT2D eigenvalue weighted by Crippen LogP contribution is -2.34. The molecule has 2 heterocycles. The molecule has 0 spiro atoms. The fourth-order valence-corrected chi connectivity index (χ4v) is 3.94. The largest absolute Gasteiger partial charge is 0.495 e. The van der Waals surface area contributed by atoms with Gasteiger partial charge in [-0.2, -0.15) is 18.3 Å². The van der Waals surface area contributed by atoms with Gasteiger partial charge in [-0.3, -0.25) is 9.79 Å². The summed E-state index contributed by atoms with van der Waals surface area (Å²) in [5.74, 6) is 5.73. The molecule has 182 valence electrons. The van der Waals surface area contributed by atoms with E-state index in [1.165, 1.54) is 17.9 Å². The Hall–Kier alpha value is -4.15. The molecular formula is C24H23F3N6O2. The molecule has 1 aromatic heterocycles. The number of para-hydroxylation sites is 1. The quantitative estimate of drug-likeness (QED) is 0.340. The highest BCUT2D eigenvalue weighted by molar-refractivity contribution is 6.38. The van der Waals surface area contributed by atoms with E-state index >= 15 is 0 Å². The molecule has 3 aromatic rings. The third kappa shape index (κ3) is 4.88. The molecule has 0 saturated carbocycles. The van der Waals surface area contributed by atoms with E-state index in [0.29, 0.717) is 24.1 Å². The molecule has 0 fully saturated rings. The van der Waals surface area contributed by atoms with Crippen LogP contribution in [0.25, 0.3) is 5.69 Å². The number of aromatic nitrogens is 2. The number of alkyl halides is 3. The van der Waals surface area contributed by atoms with Gasteiger partial charge in [-0.1, -0.05) is 24.3 Å². The van der Waals surface area contributed by atoms with Crippen LogP contribution in [0, 0.1) is 0 Å². The normalized spacial score (nSPS) is 16.9. The van der Waals surface area contributed by atoms with Crippen LogP contribution >= 0.6 is 0 Å². The maximum absolute atomic E-state index is 13.0. The number of carbonyl (C=O) groups is 1. The van der Waals surface area contributed by atoms with E-state index in [2.05, 4.69) is 15.1 Å². The van der Waals surface area contributed by atoms with Gasteiger partial charge in [-0.05, 0) is 36.6 Å². The Labute approximate surface area is 199 Å². The Morgan fingerprint density at radius 2 is 2.00 bits per heavy atom. The zero-order valence-corrected chi connectivity index (χ0v) is 19.0. The monoisotopic (exact) mass is 484 g/mol. The third-order valence-electron chi connectivity index (χ3n) is 5.80. The van der Waals surface area contributed by atoms with Gasteiger partial charge in [0.1, 0.15) is 17.5 Å². The predicted molar refractivity (Wildman–Crippen MR) is 126 cm³/mol. The fraction of sp³-hybridized carbons (Fsp3) is 0.250. The average Bonchev–Trinajstić information content (AvgIpc) is 3.32. The Morgan fingerprint density at radius 3 is 2.69 bits per heavy atom. The zero-order chi connectivity index (χ0) is 25.2. The van der Waals surface area contributed by atoms with Crippen molar-refractivity contribution in [3.8, 4) is 11.4 Å². The molecule has 2 aromatic carbocycles. The van der Waals surface area contributed by atoms with Crippen LogP contribution in [-0.2, 0) is 17.4 Å². The van der Waals surface area contributed by atoms with Gasteiger partial charge in [0.25, 0.3) is 5.91 Å². The number of rotatable bonds is 5. The average molecular weight is 484 g/mol. The predicted octanol–water partition coefficient (Wildman–Crippen LogP) is 3.61. The van der Waals surface area contributed by atoms with Crippen LogP contribution < -0.4 is 15.5 Å². The topological polar surface area (TPSA) is 98.1 Å². The highest BCUT2D eigenvalue weighted by atomic mass is 19.4. The van der Waals surface area contributed by atoms with Gasteiger partial charge >= 0.3 is 6.18 Å². The number of aliphatic imine (C=N–C) groups is 1. The summed E-state index contributed by atoms with van der Waals surface area (Å²) in [6, 6.07) is 11.9. The molecule has 8 nitrogen and oxygen atoms in total. The molecule has 35 heavy (non-hydrogen) atoms. The first-order valence-electron chi connectivity index (χ1n) is 10.7. The van der Waals surface area contributed by atoms with Crippen LogP contribution in [0.1, 0.15) is 23.2 Å². The number of aryl methyl sites for hydroxylation is 1. The Kier molecular flexibility index (Phi) is 6.59. The van der Waals surface area contributed by atoms with Gasteiger partial charge in [0.05, 0.1) is 25.3 Å². The third-order valence-corrected chi connectivity index (χ3v) is 5.80. The maximum atomic E-state index is 13.0. The number of halogens is 3. The van der Waals surface area contributed by atoms with Crippen molar-refractivity contribution in [2.45, 2.75) is 25.1 Å². The van der Waals surface area contributed by atoms with Crippen molar-refractivity contribution in [3.63, 3.8) is 0 Å². The maximum Gasteiger partial charge on any atom is 0.434 e. The Bertz CT molecular complexity index is 1300. The molecule has 0 bridgehead atoms. The van der Waals surface area contributed by atoms with Gasteiger partial charge in [0.15, 0.2) is 5.69 Å². The van der Waals surface area contributed by atoms with Gasteiger partial charge in [-0.25, -0.2) is 4.98 Å². The first-order chi connectivity index (χ1) is 16.7. The molecule has 0 radical (unpaired) electrons. The number of methoxy groups -OCH3 is 1. The summed E-state index contributed by atoms with van der Waals surface area (Å²) in [6.45, 7) is 0. The highest BCUT2D eigenvalue weighted by Gasteiger charge is 2.33. The van der Waals surface area contributed by atoms with Crippen molar-refractivity contribution in [2.24, 2.45) is 15.9 Å². The number of ether oxygens (including phenoxy) is 1. The number of anilines is 1. The highest BCUT2D eigenvalue weighted by Crippen LogP contribution is 2.31. The number of imidazole rings is 1. The van der Waals surface area contributed by atoms with Gasteiger partial charge in [0.2, 0.25) is 0 Å². The van der Waals surface area contributed by atoms with Crippen molar-refractivity contribution in [1.82, 2.24) is 9.55 Å². The Balaban J connectivity index is 1.58. The molecule has 1 atom stereocenters. The second kappa shape index (κ2) is 9.61. The minimum atomic E-state index is -4.56. The molecule has 0 aliphatic carbocycles. The number of nitrogens with two attached hydrogens (primary N) is 1. The molecule has 1 aliphatic rings. The summed E-state index contributed by atoms with van der Waals surface area (Å²) in [4.78, 5) is 22.4. The molecule has 0 saturated heterocycles. The van der Waals surface area contributed by atoms with E-state index < -0.39 is 17.9 Å². The lowest BCUT2D eigenvalue weighted by Gasteiger charge is -2.19. The molecule has 11 heteroatoms. The molecule has 4 rings (SSSR count). The number of hydrogen-bond acceptors (Lipinski definition) is 6. The summed E-state index contributed by atoms with van der Waals surface area (Å²) in [5.41, 5.74) is 2.07. The van der Waals surface area contributed by atoms with E-state index in [4.69, 9.17) is 10.6 Å². The fourth-order valence-electron chi connectivity index (χ4n) is 3.94. The van der Waals surface area contributed by atoms with Crippen molar-refractivity contribution in [3.05, 3.63) is 71.8 Å². The summed E-state index contributed by atoms with van der Waals surface area (Å²) in [7, 11) is 3.12. The van der Waals surface area contributed by atoms with Crippen molar-refractivity contribution in [1.29, 1.82) is 0 Å². The van der Waals surface area contributed by atoms with Gasteiger partial charge in [-0.15, -0.1) is 0 Å². The molecular weight excluding hydrogens is 461 g/mol. The number of fused-ring (bicyclic) bond motifs is 1. The van der Waals surface area contributed by atoms with E-state index in [0.717, 1.165) is 23.8 Å². The van der Waals surface area contributed by atoms with E-state index in [1.807, 2.05) is 24.3 Å². The first-order valence-corrected chi connectivity index (χ1v) is 10.7. The number of amides is 1. The molecule has 1 amide bonds. The van der Waals surface area contributed by atoms with Gasteiger partial charge in [0, 0.05) is 24.5 Å². The number of benzene rings is 2.